The van der Waals surface area contributed by atoms with Crippen molar-refractivity contribution < 1.29 is 4.74 Å². The fourth-order valence-electron chi connectivity index (χ4n) is 2.46. The van der Waals surface area contributed by atoms with Crippen LogP contribution in [0.2, 0.25) is 0 Å². The second-order valence-electron chi connectivity index (χ2n) is 5.50. The normalized spacial score (nSPS) is 11.9. The third-order valence-corrected chi connectivity index (χ3v) is 4.42. The van der Waals surface area contributed by atoms with Crippen molar-refractivity contribution in [2.45, 2.75) is 19.4 Å². The molecule has 1 atom stereocenters. The number of nitrogens with one attached hydrogen (secondary N) is 1. The minimum atomic E-state index is 0.340. The summed E-state index contributed by atoms with van der Waals surface area (Å²) in [5.74, 6) is 0.860. The van der Waals surface area contributed by atoms with E-state index in [2.05, 4.69) is 46.9 Å². The number of rotatable bonds is 6. The molecule has 0 spiro atoms. The molecule has 0 saturated carbocycles. The molecule has 1 N–H and O–H groups in total. The predicted octanol–water partition coefficient (Wildman–Crippen LogP) is 4.86. The SMILES string of the molecule is COc1ccc(-c2csc(N[C@@H](C)Cc3ccccc3)n2)cc1. The summed E-state index contributed by atoms with van der Waals surface area (Å²) in [7, 11) is 1.67. The standard InChI is InChI=1S/C19H20N2OS/c1-14(12-15-6-4-3-5-7-15)20-19-21-18(13-23-19)16-8-10-17(22-2)11-9-16/h3-11,13-14H,12H2,1-2H3,(H,20,21)/t14-/m0/s1. The molecular weight excluding hydrogens is 304 g/mol. The molecule has 0 aliphatic carbocycles. The number of aromatic nitrogens is 1. The van der Waals surface area contributed by atoms with Gasteiger partial charge in [-0.2, -0.15) is 0 Å². The minimum Gasteiger partial charge on any atom is -0.497 e. The fourth-order valence-corrected chi connectivity index (χ4v) is 3.30. The van der Waals surface area contributed by atoms with Crippen LogP contribution in [0.3, 0.4) is 0 Å². The maximum atomic E-state index is 5.19. The van der Waals surface area contributed by atoms with Crippen molar-refractivity contribution in [2.75, 3.05) is 12.4 Å². The van der Waals surface area contributed by atoms with Crippen LogP contribution in [-0.2, 0) is 6.42 Å². The van der Waals surface area contributed by atoms with Gasteiger partial charge in [0.1, 0.15) is 5.75 Å². The molecule has 2 aromatic carbocycles. The maximum Gasteiger partial charge on any atom is 0.183 e. The van der Waals surface area contributed by atoms with Crippen LogP contribution in [0.25, 0.3) is 11.3 Å². The largest absolute Gasteiger partial charge is 0.497 e. The van der Waals surface area contributed by atoms with Crippen molar-refractivity contribution in [3.8, 4) is 17.0 Å². The molecule has 0 amide bonds. The number of anilines is 1. The third kappa shape index (κ3) is 4.11. The van der Waals surface area contributed by atoms with Gasteiger partial charge in [-0.15, -0.1) is 11.3 Å². The Balaban J connectivity index is 1.64. The van der Waals surface area contributed by atoms with Crippen LogP contribution in [0, 0.1) is 0 Å². The highest BCUT2D eigenvalue weighted by Gasteiger charge is 2.08. The first-order valence-corrected chi connectivity index (χ1v) is 8.53. The Hall–Kier alpha value is -2.33. The first-order chi connectivity index (χ1) is 11.2. The Labute approximate surface area is 141 Å². The lowest BCUT2D eigenvalue weighted by atomic mass is 10.1. The molecule has 1 heterocycles. The number of benzene rings is 2. The van der Waals surface area contributed by atoms with Gasteiger partial charge in [0.25, 0.3) is 0 Å². The van der Waals surface area contributed by atoms with Crippen molar-refractivity contribution in [3.05, 3.63) is 65.5 Å². The van der Waals surface area contributed by atoms with Crippen molar-refractivity contribution >= 4 is 16.5 Å². The van der Waals surface area contributed by atoms with Gasteiger partial charge in [0.2, 0.25) is 0 Å². The number of hydrogen-bond donors (Lipinski definition) is 1. The van der Waals surface area contributed by atoms with E-state index in [1.165, 1.54) is 5.56 Å². The summed E-state index contributed by atoms with van der Waals surface area (Å²) in [6.45, 7) is 2.18. The summed E-state index contributed by atoms with van der Waals surface area (Å²) in [4.78, 5) is 4.68. The van der Waals surface area contributed by atoms with E-state index in [1.54, 1.807) is 18.4 Å². The lowest BCUT2D eigenvalue weighted by Gasteiger charge is -2.12. The molecule has 0 unspecified atom stereocenters. The van der Waals surface area contributed by atoms with Crippen molar-refractivity contribution in [3.63, 3.8) is 0 Å². The van der Waals surface area contributed by atoms with Crippen molar-refractivity contribution in [2.24, 2.45) is 0 Å². The smallest absolute Gasteiger partial charge is 0.183 e. The predicted molar refractivity (Wildman–Crippen MR) is 97.3 cm³/mol. The molecule has 3 nitrogen and oxygen atoms in total. The highest BCUT2D eigenvalue weighted by atomic mass is 32.1. The number of nitrogens with zero attached hydrogens (tertiary/aromatic N) is 1. The Morgan fingerprint density at radius 3 is 2.52 bits per heavy atom. The van der Waals surface area contributed by atoms with E-state index < -0.39 is 0 Å². The van der Waals surface area contributed by atoms with Crippen molar-refractivity contribution in [1.29, 1.82) is 0 Å². The van der Waals surface area contributed by atoms with Gasteiger partial charge in [-0.1, -0.05) is 30.3 Å². The van der Waals surface area contributed by atoms with E-state index in [0.29, 0.717) is 6.04 Å². The molecule has 4 heteroatoms. The number of thiazole rings is 1. The Morgan fingerprint density at radius 1 is 1.09 bits per heavy atom. The second-order valence-corrected chi connectivity index (χ2v) is 6.36. The van der Waals surface area contributed by atoms with Gasteiger partial charge < -0.3 is 10.1 Å². The minimum absolute atomic E-state index is 0.340. The lowest BCUT2D eigenvalue weighted by Crippen LogP contribution is -2.17. The topological polar surface area (TPSA) is 34.1 Å². The van der Waals surface area contributed by atoms with Crippen LogP contribution in [-0.4, -0.2) is 18.1 Å². The van der Waals surface area contributed by atoms with Crippen molar-refractivity contribution in [1.82, 2.24) is 4.98 Å². The number of methoxy groups -OCH3 is 1. The average molecular weight is 324 g/mol. The van der Waals surface area contributed by atoms with E-state index in [1.807, 2.05) is 30.3 Å². The first kappa shape index (κ1) is 15.6. The summed E-state index contributed by atoms with van der Waals surface area (Å²) in [5, 5.41) is 6.53. The second kappa shape index (κ2) is 7.29. The average Bonchev–Trinajstić information content (AvgIpc) is 3.04. The molecular formula is C19H20N2OS. The van der Waals surface area contributed by atoms with Gasteiger partial charge in [-0.3, -0.25) is 0 Å². The summed E-state index contributed by atoms with van der Waals surface area (Å²) < 4.78 is 5.19. The molecule has 0 aliphatic rings. The zero-order chi connectivity index (χ0) is 16.1. The Bertz CT molecular complexity index is 738. The Kier molecular flexibility index (Phi) is 4.93. The molecule has 0 fully saturated rings. The van der Waals surface area contributed by atoms with E-state index in [-0.39, 0.29) is 0 Å². The van der Waals surface area contributed by atoms with Gasteiger partial charge in [-0.05, 0) is 43.2 Å². The summed E-state index contributed by atoms with van der Waals surface area (Å²) >= 11 is 1.64. The van der Waals surface area contributed by atoms with Gasteiger partial charge in [0, 0.05) is 17.0 Å². The zero-order valence-corrected chi connectivity index (χ0v) is 14.1. The monoisotopic (exact) mass is 324 g/mol. The lowest BCUT2D eigenvalue weighted by molar-refractivity contribution is 0.415. The molecule has 0 saturated heterocycles. The van der Waals surface area contributed by atoms with Gasteiger partial charge in [0.15, 0.2) is 5.13 Å². The van der Waals surface area contributed by atoms with Crippen LogP contribution in [0.4, 0.5) is 5.13 Å². The van der Waals surface area contributed by atoms with Crippen LogP contribution in [0.1, 0.15) is 12.5 Å². The van der Waals surface area contributed by atoms with Crippen LogP contribution in [0.5, 0.6) is 5.75 Å². The first-order valence-electron chi connectivity index (χ1n) is 7.65. The van der Waals surface area contributed by atoms with Gasteiger partial charge in [-0.25, -0.2) is 4.98 Å². The molecule has 0 radical (unpaired) electrons. The Morgan fingerprint density at radius 2 is 1.83 bits per heavy atom. The molecule has 3 rings (SSSR count). The van der Waals surface area contributed by atoms with E-state index in [4.69, 9.17) is 4.74 Å². The number of hydrogen-bond acceptors (Lipinski definition) is 4. The molecule has 23 heavy (non-hydrogen) atoms. The third-order valence-electron chi connectivity index (χ3n) is 3.64. The highest BCUT2D eigenvalue weighted by Crippen LogP contribution is 2.27. The van der Waals surface area contributed by atoms with Crippen LogP contribution >= 0.6 is 11.3 Å². The summed E-state index contributed by atoms with van der Waals surface area (Å²) in [6, 6.07) is 18.8. The van der Waals surface area contributed by atoms with E-state index in [9.17, 15) is 0 Å². The van der Waals surface area contributed by atoms with E-state index in [0.717, 1.165) is 28.6 Å². The van der Waals surface area contributed by atoms with Crippen LogP contribution < -0.4 is 10.1 Å². The molecule has 0 bridgehead atoms. The summed E-state index contributed by atoms with van der Waals surface area (Å²) in [6.07, 6.45) is 0.984. The number of ether oxygens (including phenoxy) is 1. The maximum absolute atomic E-state index is 5.19. The molecule has 0 aliphatic heterocycles. The van der Waals surface area contributed by atoms with E-state index >= 15 is 0 Å². The van der Waals surface area contributed by atoms with Gasteiger partial charge >= 0.3 is 0 Å². The fraction of sp³-hybridized carbons (Fsp3) is 0.211. The molecule has 118 valence electrons. The molecule has 3 aromatic rings. The quantitative estimate of drug-likeness (QED) is 0.703. The van der Waals surface area contributed by atoms with Crippen LogP contribution in [0.15, 0.2) is 60.0 Å². The summed E-state index contributed by atoms with van der Waals surface area (Å²) in [5.41, 5.74) is 3.43. The van der Waals surface area contributed by atoms with Gasteiger partial charge in [0.05, 0.1) is 12.8 Å². The zero-order valence-electron chi connectivity index (χ0n) is 13.3. The molecule has 1 aromatic heterocycles. The highest BCUT2D eigenvalue weighted by molar-refractivity contribution is 7.14.